The molecular formula is C22H19N3O. The van der Waals surface area contributed by atoms with E-state index in [0.29, 0.717) is 0 Å². The van der Waals surface area contributed by atoms with E-state index in [0.717, 1.165) is 23.4 Å². The van der Waals surface area contributed by atoms with Crippen molar-refractivity contribution in [2.75, 3.05) is 0 Å². The number of nitrogens with zero attached hydrogens (tertiary/aromatic N) is 3. The standard InChI is InChI=1S/C22H19N3O/c1-15-6-8-16(9-7-15)19-14-20-18-4-2-3-5-21(18)26-22(25(20)24-19)17-10-12-23-13-11-17/h2-13,20,22H,14H2,1H3. The molecule has 5 rings (SSSR count). The molecule has 0 fully saturated rings. The SMILES string of the molecule is Cc1ccc(C2=NN3C(C2)c2ccccc2OC3c2ccncc2)cc1. The molecule has 4 nitrogen and oxygen atoms in total. The van der Waals surface area contributed by atoms with Gasteiger partial charge in [-0.25, -0.2) is 5.01 Å². The number of rotatable bonds is 2. The first-order chi connectivity index (χ1) is 12.8. The fourth-order valence-corrected chi connectivity index (χ4v) is 3.70. The van der Waals surface area contributed by atoms with E-state index in [9.17, 15) is 0 Å². The largest absolute Gasteiger partial charge is 0.464 e. The van der Waals surface area contributed by atoms with Crippen LogP contribution in [-0.4, -0.2) is 15.7 Å². The molecule has 2 aliphatic heterocycles. The topological polar surface area (TPSA) is 37.7 Å². The van der Waals surface area contributed by atoms with Crippen molar-refractivity contribution in [3.05, 3.63) is 95.3 Å². The number of aryl methyl sites for hydroxylation is 1. The van der Waals surface area contributed by atoms with Crippen LogP contribution in [0.25, 0.3) is 0 Å². The molecular weight excluding hydrogens is 322 g/mol. The number of hydrazone groups is 1. The van der Waals surface area contributed by atoms with E-state index >= 15 is 0 Å². The number of para-hydroxylation sites is 1. The first-order valence-electron chi connectivity index (χ1n) is 8.88. The molecule has 128 valence electrons. The Morgan fingerprint density at radius 1 is 0.962 bits per heavy atom. The molecule has 0 aliphatic carbocycles. The Hall–Kier alpha value is -3.14. The second-order valence-electron chi connectivity index (χ2n) is 6.80. The molecule has 2 unspecified atom stereocenters. The fraction of sp³-hybridized carbons (Fsp3) is 0.182. The van der Waals surface area contributed by atoms with Crippen LogP contribution in [0.15, 0.2) is 78.2 Å². The van der Waals surface area contributed by atoms with E-state index in [1.807, 2.05) is 24.3 Å². The van der Waals surface area contributed by atoms with E-state index in [2.05, 4.69) is 53.3 Å². The molecule has 1 aromatic heterocycles. The van der Waals surface area contributed by atoms with E-state index < -0.39 is 0 Å². The number of pyridine rings is 1. The summed E-state index contributed by atoms with van der Waals surface area (Å²) in [4.78, 5) is 4.13. The van der Waals surface area contributed by atoms with Gasteiger partial charge in [0.15, 0.2) is 0 Å². The van der Waals surface area contributed by atoms with Crippen LogP contribution in [0.2, 0.25) is 0 Å². The van der Waals surface area contributed by atoms with Crippen molar-refractivity contribution in [1.29, 1.82) is 0 Å². The molecule has 3 aromatic rings. The van der Waals surface area contributed by atoms with Crippen molar-refractivity contribution in [1.82, 2.24) is 9.99 Å². The highest BCUT2D eigenvalue weighted by Crippen LogP contribution is 2.47. The third-order valence-electron chi connectivity index (χ3n) is 5.08. The molecule has 2 atom stereocenters. The molecule has 2 aromatic carbocycles. The van der Waals surface area contributed by atoms with Gasteiger partial charge in [-0.1, -0.05) is 48.0 Å². The van der Waals surface area contributed by atoms with Gasteiger partial charge in [-0.2, -0.15) is 5.10 Å². The maximum atomic E-state index is 6.33. The summed E-state index contributed by atoms with van der Waals surface area (Å²) in [7, 11) is 0. The number of hydrogen-bond acceptors (Lipinski definition) is 4. The van der Waals surface area contributed by atoms with E-state index in [-0.39, 0.29) is 12.3 Å². The molecule has 0 saturated heterocycles. The van der Waals surface area contributed by atoms with Crippen LogP contribution in [0.3, 0.4) is 0 Å². The Morgan fingerprint density at radius 2 is 1.73 bits per heavy atom. The van der Waals surface area contributed by atoms with Crippen LogP contribution in [-0.2, 0) is 0 Å². The van der Waals surface area contributed by atoms with E-state index in [4.69, 9.17) is 9.84 Å². The maximum absolute atomic E-state index is 6.33. The molecule has 0 bridgehead atoms. The summed E-state index contributed by atoms with van der Waals surface area (Å²) >= 11 is 0. The van der Waals surface area contributed by atoms with Crippen molar-refractivity contribution in [2.45, 2.75) is 25.6 Å². The van der Waals surface area contributed by atoms with Gasteiger partial charge in [0, 0.05) is 29.9 Å². The Balaban J connectivity index is 1.59. The molecule has 0 saturated carbocycles. The van der Waals surface area contributed by atoms with Crippen molar-refractivity contribution >= 4 is 5.71 Å². The summed E-state index contributed by atoms with van der Waals surface area (Å²) in [5, 5.41) is 7.08. The van der Waals surface area contributed by atoms with Crippen LogP contribution in [0.5, 0.6) is 5.75 Å². The lowest BCUT2D eigenvalue weighted by Gasteiger charge is -2.38. The first-order valence-corrected chi connectivity index (χ1v) is 8.88. The number of ether oxygens (including phenoxy) is 1. The third-order valence-corrected chi connectivity index (χ3v) is 5.08. The van der Waals surface area contributed by atoms with Gasteiger partial charge in [-0.05, 0) is 30.7 Å². The van der Waals surface area contributed by atoms with Gasteiger partial charge in [-0.15, -0.1) is 0 Å². The summed E-state index contributed by atoms with van der Waals surface area (Å²) in [5.74, 6) is 0.941. The molecule has 2 aliphatic rings. The summed E-state index contributed by atoms with van der Waals surface area (Å²) in [6.07, 6.45) is 4.25. The Bertz CT molecular complexity index is 966. The minimum absolute atomic E-state index is 0.189. The van der Waals surface area contributed by atoms with Crippen LogP contribution in [0.4, 0.5) is 0 Å². The van der Waals surface area contributed by atoms with Crippen LogP contribution in [0.1, 0.15) is 40.9 Å². The van der Waals surface area contributed by atoms with Gasteiger partial charge in [0.1, 0.15) is 5.75 Å². The zero-order chi connectivity index (χ0) is 17.5. The van der Waals surface area contributed by atoms with Crippen molar-refractivity contribution in [2.24, 2.45) is 5.10 Å². The summed E-state index contributed by atoms with van der Waals surface area (Å²) in [5.41, 5.74) is 5.80. The van der Waals surface area contributed by atoms with Crippen molar-refractivity contribution < 1.29 is 4.74 Å². The third kappa shape index (κ3) is 2.46. The number of aromatic nitrogens is 1. The lowest BCUT2D eigenvalue weighted by Crippen LogP contribution is -2.33. The summed E-state index contributed by atoms with van der Waals surface area (Å²) in [6, 6.07) is 21.0. The average molecular weight is 341 g/mol. The minimum atomic E-state index is -0.235. The maximum Gasteiger partial charge on any atom is 0.213 e. The van der Waals surface area contributed by atoms with Crippen LogP contribution < -0.4 is 4.74 Å². The highest BCUT2D eigenvalue weighted by atomic mass is 16.5. The lowest BCUT2D eigenvalue weighted by molar-refractivity contribution is -0.0190. The quantitative estimate of drug-likeness (QED) is 0.682. The minimum Gasteiger partial charge on any atom is -0.464 e. The second kappa shape index (κ2) is 5.99. The van der Waals surface area contributed by atoms with Crippen molar-refractivity contribution in [3.8, 4) is 5.75 Å². The van der Waals surface area contributed by atoms with Gasteiger partial charge in [-0.3, -0.25) is 4.98 Å². The number of fused-ring (bicyclic) bond motifs is 3. The van der Waals surface area contributed by atoms with Crippen LogP contribution >= 0.6 is 0 Å². The summed E-state index contributed by atoms with van der Waals surface area (Å²) in [6.45, 7) is 2.10. The van der Waals surface area contributed by atoms with Gasteiger partial charge in [0.25, 0.3) is 0 Å². The molecule has 3 heterocycles. The molecule has 4 heteroatoms. The van der Waals surface area contributed by atoms with Gasteiger partial charge < -0.3 is 4.74 Å². The van der Waals surface area contributed by atoms with E-state index in [1.165, 1.54) is 16.7 Å². The zero-order valence-electron chi connectivity index (χ0n) is 14.5. The van der Waals surface area contributed by atoms with Gasteiger partial charge in [0.2, 0.25) is 6.23 Å². The number of benzene rings is 2. The molecule has 0 amide bonds. The molecule has 26 heavy (non-hydrogen) atoms. The van der Waals surface area contributed by atoms with Crippen molar-refractivity contribution in [3.63, 3.8) is 0 Å². The monoisotopic (exact) mass is 341 g/mol. The van der Waals surface area contributed by atoms with Crippen LogP contribution in [0, 0.1) is 6.92 Å². The fourth-order valence-electron chi connectivity index (χ4n) is 3.70. The Morgan fingerprint density at radius 3 is 2.54 bits per heavy atom. The number of hydrogen-bond donors (Lipinski definition) is 0. The Kier molecular flexibility index (Phi) is 3.49. The highest BCUT2D eigenvalue weighted by Gasteiger charge is 2.40. The highest BCUT2D eigenvalue weighted by molar-refractivity contribution is 6.02. The van der Waals surface area contributed by atoms with E-state index in [1.54, 1.807) is 12.4 Å². The normalized spacial score (nSPS) is 20.8. The average Bonchev–Trinajstić information content (AvgIpc) is 3.14. The zero-order valence-corrected chi connectivity index (χ0v) is 14.5. The molecule has 0 radical (unpaired) electrons. The van der Waals surface area contributed by atoms with Gasteiger partial charge in [0.05, 0.1) is 11.8 Å². The smallest absolute Gasteiger partial charge is 0.213 e. The molecule has 0 spiro atoms. The lowest BCUT2D eigenvalue weighted by atomic mass is 9.96. The first kappa shape index (κ1) is 15.1. The molecule has 0 N–H and O–H groups in total. The Labute approximate surface area is 152 Å². The van der Waals surface area contributed by atoms with Gasteiger partial charge >= 0.3 is 0 Å². The predicted molar refractivity (Wildman–Crippen MR) is 101 cm³/mol. The summed E-state index contributed by atoms with van der Waals surface area (Å²) < 4.78 is 6.33. The second-order valence-corrected chi connectivity index (χ2v) is 6.80. The predicted octanol–water partition coefficient (Wildman–Crippen LogP) is 4.63.